The van der Waals surface area contributed by atoms with E-state index in [2.05, 4.69) is 10.8 Å². The monoisotopic (exact) mass is 319 g/mol. The highest BCUT2D eigenvalue weighted by Crippen LogP contribution is 2.34. The lowest BCUT2D eigenvalue weighted by molar-refractivity contribution is -0.140. The number of carboxylic acid groups (broad SMARTS) is 1. The van der Waals surface area contributed by atoms with Crippen LogP contribution in [0.2, 0.25) is 0 Å². The summed E-state index contributed by atoms with van der Waals surface area (Å²) in [6, 6.07) is 4.84. The molecule has 0 amide bonds. The number of carbonyl (C=O) groups is 2. The van der Waals surface area contributed by atoms with Gasteiger partial charge in [0.2, 0.25) is 0 Å². The number of hydrogen-bond donors (Lipinski definition) is 2. The summed E-state index contributed by atoms with van der Waals surface area (Å²) in [6.45, 7) is 5.91. The Bertz CT molecular complexity index is 603. The predicted octanol–water partition coefficient (Wildman–Crippen LogP) is 3.61. The second kappa shape index (κ2) is 8.36. The Balaban J connectivity index is 3.13. The van der Waals surface area contributed by atoms with Crippen molar-refractivity contribution < 1.29 is 19.4 Å². The van der Waals surface area contributed by atoms with Crippen LogP contribution in [-0.4, -0.2) is 24.2 Å². The third-order valence-electron chi connectivity index (χ3n) is 3.89. The SMILES string of the molecule is COC(=O)c1cccc(C(C(=O)O)[C@H](C)CCC=C(C)C)c1N. The summed E-state index contributed by atoms with van der Waals surface area (Å²) < 4.78 is 4.69. The van der Waals surface area contributed by atoms with E-state index in [0.29, 0.717) is 5.56 Å². The van der Waals surface area contributed by atoms with Gasteiger partial charge >= 0.3 is 11.9 Å². The number of para-hydroxylation sites is 1. The molecular weight excluding hydrogens is 294 g/mol. The first-order chi connectivity index (χ1) is 10.8. The molecular formula is C18H25NO4. The maximum atomic E-state index is 11.8. The van der Waals surface area contributed by atoms with Gasteiger partial charge in [0.1, 0.15) is 0 Å². The van der Waals surface area contributed by atoms with Crippen LogP contribution in [0.15, 0.2) is 29.8 Å². The van der Waals surface area contributed by atoms with Crippen LogP contribution in [-0.2, 0) is 9.53 Å². The largest absolute Gasteiger partial charge is 0.481 e. The number of nitrogen functional groups attached to an aromatic ring is 1. The van der Waals surface area contributed by atoms with E-state index in [1.54, 1.807) is 12.1 Å². The van der Waals surface area contributed by atoms with E-state index in [0.717, 1.165) is 12.8 Å². The molecule has 1 aromatic rings. The second-order valence-corrected chi connectivity index (χ2v) is 5.95. The Morgan fingerprint density at radius 3 is 2.52 bits per heavy atom. The fourth-order valence-electron chi connectivity index (χ4n) is 2.63. The molecule has 0 aromatic heterocycles. The van der Waals surface area contributed by atoms with E-state index in [9.17, 15) is 14.7 Å². The molecule has 0 aliphatic rings. The first-order valence-corrected chi connectivity index (χ1v) is 7.62. The molecule has 0 spiro atoms. The number of carboxylic acids is 1. The topological polar surface area (TPSA) is 89.6 Å². The van der Waals surface area contributed by atoms with Gasteiger partial charge in [-0.15, -0.1) is 0 Å². The van der Waals surface area contributed by atoms with Crippen molar-refractivity contribution in [1.82, 2.24) is 0 Å². The standard InChI is InChI=1S/C18H25NO4/c1-11(2)7-5-8-12(3)15(17(20)21)13-9-6-10-14(16(13)19)18(22)23-4/h6-7,9-10,12,15H,5,8,19H2,1-4H3,(H,20,21)/t12-,15?/m1/s1. The summed E-state index contributed by atoms with van der Waals surface area (Å²) in [5, 5.41) is 9.63. The van der Waals surface area contributed by atoms with Crippen molar-refractivity contribution >= 4 is 17.6 Å². The highest BCUT2D eigenvalue weighted by molar-refractivity contribution is 5.96. The minimum Gasteiger partial charge on any atom is -0.481 e. The average Bonchev–Trinajstić information content (AvgIpc) is 2.47. The van der Waals surface area contributed by atoms with E-state index in [4.69, 9.17) is 5.73 Å². The van der Waals surface area contributed by atoms with Crippen LogP contribution in [0.3, 0.4) is 0 Å². The average molecular weight is 319 g/mol. The normalized spacial score (nSPS) is 13.0. The highest BCUT2D eigenvalue weighted by Gasteiger charge is 2.29. The zero-order chi connectivity index (χ0) is 17.6. The van der Waals surface area contributed by atoms with Gasteiger partial charge in [0.05, 0.1) is 24.3 Å². The lowest BCUT2D eigenvalue weighted by Crippen LogP contribution is -2.22. The van der Waals surface area contributed by atoms with Crippen LogP contribution in [0.5, 0.6) is 0 Å². The first-order valence-electron chi connectivity index (χ1n) is 7.62. The maximum absolute atomic E-state index is 11.8. The number of nitrogens with two attached hydrogens (primary N) is 1. The van der Waals surface area contributed by atoms with Crippen molar-refractivity contribution in [3.8, 4) is 0 Å². The molecule has 0 saturated carbocycles. The molecule has 2 atom stereocenters. The predicted molar refractivity (Wildman–Crippen MR) is 90.4 cm³/mol. The van der Waals surface area contributed by atoms with Crippen molar-refractivity contribution in [2.75, 3.05) is 12.8 Å². The zero-order valence-electron chi connectivity index (χ0n) is 14.1. The first kappa shape index (κ1) is 18.7. The lowest BCUT2D eigenvalue weighted by atomic mass is 9.82. The third kappa shape index (κ3) is 4.84. The Kier molecular flexibility index (Phi) is 6.82. The molecule has 126 valence electrons. The molecule has 0 fully saturated rings. The van der Waals surface area contributed by atoms with Gasteiger partial charge in [0.15, 0.2) is 0 Å². The number of benzene rings is 1. The number of methoxy groups -OCH3 is 1. The minimum absolute atomic E-state index is 0.113. The van der Waals surface area contributed by atoms with Gasteiger partial charge in [-0.2, -0.15) is 0 Å². The molecule has 5 heteroatoms. The number of rotatable bonds is 7. The van der Waals surface area contributed by atoms with Gasteiger partial charge in [0.25, 0.3) is 0 Å². The van der Waals surface area contributed by atoms with E-state index in [-0.39, 0.29) is 17.2 Å². The van der Waals surface area contributed by atoms with E-state index in [1.165, 1.54) is 18.7 Å². The quantitative estimate of drug-likeness (QED) is 0.455. The van der Waals surface area contributed by atoms with Crippen molar-refractivity contribution in [1.29, 1.82) is 0 Å². The number of ether oxygens (including phenoxy) is 1. The molecule has 3 N–H and O–H groups in total. The van der Waals surface area contributed by atoms with Crippen LogP contribution < -0.4 is 5.73 Å². The molecule has 1 unspecified atom stereocenters. The fourth-order valence-corrected chi connectivity index (χ4v) is 2.63. The van der Waals surface area contributed by atoms with Gasteiger partial charge in [-0.1, -0.05) is 30.7 Å². The summed E-state index contributed by atoms with van der Waals surface area (Å²) >= 11 is 0. The lowest BCUT2D eigenvalue weighted by Gasteiger charge is -2.22. The number of esters is 1. The number of hydrogen-bond acceptors (Lipinski definition) is 4. The molecule has 0 heterocycles. The number of anilines is 1. The molecule has 1 rings (SSSR count). The van der Waals surface area contributed by atoms with Gasteiger partial charge < -0.3 is 15.6 Å². The number of aliphatic carboxylic acids is 1. The molecule has 0 saturated heterocycles. The Morgan fingerprint density at radius 1 is 1.35 bits per heavy atom. The highest BCUT2D eigenvalue weighted by atomic mass is 16.5. The minimum atomic E-state index is -0.941. The molecule has 0 radical (unpaired) electrons. The maximum Gasteiger partial charge on any atom is 0.339 e. The van der Waals surface area contributed by atoms with Crippen LogP contribution in [0, 0.1) is 5.92 Å². The Morgan fingerprint density at radius 2 is 2.00 bits per heavy atom. The van der Waals surface area contributed by atoms with Crippen LogP contribution >= 0.6 is 0 Å². The summed E-state index contributed by atoms with van der Waals surface area (Å²) in [5.41, 5.74) is 8.09. The Hall–Kier alpha value is -2.30. The van der Waals surface area contributed by atoms with Crippen LogP contribution in [0.25, 0.3) is 0 Å². The third-order valence-corrected chi connectivity index (χ3v) is 3.89. The molecule has 1 aromatic carbocycles. The zero-order valence-corrected chi connectivity index (χ0v) is 14.1. The van der Waals surface area contributed by atoms with Crippen molar-refractivity contribution in [3.63, 3.8) is 0 Å². The molecule has 0 aliphatic heterocycles. The van der Waals surface area contributed by atoms with E-state index < -0.39 is 17.9 Å². The second-order valence-electron chi connectivity index (χ2n) is 5.95. The smallest absolute Gasteiger partial charge is 0.339 e. The van der Waals surface area contributed by atoms with Gasteiger partial charge in [-0.3, -0.25) is 4.79 Å². The molecule has 5 nitrogen and oxygen atoms in total. The van der Waals surface area contributed by atoms with Gasteiger partial charge in [-0.25, -0.2) is 4.79 Å². The molecule has 23 heavy (non-hydrogen) atoms. The van der Waals surface area contributed by atoms with Crippen molar-refractivity contribution in [3.05, 3.63) is 41.0 Å². The van der Waals surface area contributed by atoms with E-state index in [1.807, 2.05) is 20.8 Å². The van der Waals surface area contributed by atoms with Crippen LogP contribution in [0.4, 0.5) is 5.69 Å². The summed E-state index contributed by atoms with van der Waals surface area (Å²) in [6.07, 6.45) is 3.62. The molecule has 0 bridgehead atoms. The summed E-state index contributed by atoms with van der Waals surface area (Å²) in [7, 11) is 1.27. The summed E-state index contributed by atoms with van der Waals surface area (Å²) in [4.78, 5) is 23.5. The fraction of sp³-hybridized carbons (Fsp3) is 0.444. The number of allylic oxidation sites excluding steroid dienone is 2. The number of carbonyl (C=O) groups excluding carboxylic acids is 1. The van der Waals surface area contributed by atoms with Crippen molar-refractivity contribution in [2.24, 2.45) is 5.92 Å². The summed E-state index contributed by atoms with van der Waals surface area (Å²) in [5.74, 6) is -2.38. The Labute approximate surface area is 137 Å². The van der Waals surface area contributed by atoms with Gasteiger partial charge in [-0.05, 0) is 44.2 Å². The van der Waals surface area contributed by atoms with E-state index >= 15 is 0 Å². The van der Waals surface area contributed by atoms with Crippen molar-refractivity contribution in [2.45, 2.75) is 39.5 Å². The van der Waals surface area contributed by atoms with Crippen LogP contribution in [0.1, 0.15) is 55.5 Å². The van der Waals surface area contributed by atoms with Gasteiger partial charge in [0, 0.05) is 0 Å². The molecule has 0 aliphatic carbocycles.